The molecule has 2 aliphatic heterocycles. The molecule has 0 bridgehead atoms. The number of aliphatic imine (C=N–C) groups is 1. The summed E-state index contributed by atoms with van der Waals surface area (Å²) in [6, 6.07) is 0. The average molecular weight is 419 g/mol. The second-order valence-electron chi connectivity index (χ2n) is 6.81. The summed E-state index contributed by atoms with van der Waals surface area (Å²) in [7, 11) is 1.90. The quantitative estimate of drug-likeness (QED) is 0.331. The van der Waals surface area contributed by atoms with Gasteiger partial charge < -0.3 is 15.0 Å². The summed E-state index contributed by atoms with van der Waals surface area (Å²) in [6.07, 6.45) is 11.4. The summed E-state index contributed by atoms with van der Waals surface area (Å²) in [5.74, 6) is 1.08. The van der Waals surface area contributed by atoms with E-state index in [1.54, 1.807) is 5.57 Å². The zero-order chi connectivity index (χ0) is 14.5. The number of likely N-dealkylation sites (tertiary alicyclic amines) is 1. The third kappa shape index (κ3) is 4.37. The summed E-state index contributed by atoms with van der Waals surface area (Å²) in [5.41, 5.74) is 2.04. The van der Waals surface area contributed by atoms with Gasteiger partial charge in [-0.1, -0.05) is 11.6 Å². The van der Waals surface area contributed by atoms with Crippen LogP contribution >= 0.6 is 24.0 Å². The van der Waals surface area contributed by atoms with Crippen LogP contribution in [-0.4, -0.2) is 50.8 Å². The van der Waals surface area contributed by atoms with Gasteiger partial charge in [-0.05, 0) is 44.9 Å². The molecule has 1 atom stereocenters. The minimum Gasteiger partial charge on any atom is -0.381 e. The average Bonchev–Trinajstić information content (AvgIpc) is 3.15. The molecule has 0 aromatic carbocycles. The van der Waals surface area contributed by atoms with Crippen LogP contribution in [-0.2, 0) is 4.74 Å². The van der Waals surface area contributed by atoms with Gasteiger partial charge >= 0.3 is 0 Å². The number of halogens is 1. The molecule has 0 saturated carbocycles. The number of nitrogens with one attached hydrogen (secondary N) is 1. The first-order valence-corrected chi connectivity index (χ1v) is 8.53. The van der Waals surface area contributed by atoms with Crippen LogP contribution in [0.4, 0.5) is 0 Å². The van der Waals surface area contributed by atoms with Gasteiger partial charge in [0, 0.05) is 38.7 Å². The minimum absolute atomic E-state index is 0. The lowest BCUT2D eigenvalue weighted by atomic mass is 9.87. The fourth-order valence-corrected chi connectivity index (χ4v) is 3.89. The second-order valence-corrected chi connectivity index (χ2v) is 6.81. The molecule has 2 saturated heterocycles. The first-order valence-electron chi connectivity index (χ1n) is 8.53. The molecule has 2 heterocycles. The van der Waals surface area contributed by atoms with Crippen molar-refractivity contribution in [3.8, 4) is 0 Å². The van der Waals surface area contributed by atoms with Gasteiger partial charge in [-0.2, -0.15) is 0 Å². The first kappa shape index (κ1) is 18.0. The lowest BCUT2D eigenvalue weighted by Gasteiger charge is -2.25. The zero-order valence-electron chi connectivity index (χ0n) is 13.8. The molecular formula is C17H30IN3O. The Morgan fingerprint density at radius 3 is 3.00 bits per heavy atom. The van der Waals surface area contributed by atoms with Crippen LogP contribution < -0.4 is 5.32 Å². The lowest BCUT2D eigenvalue weighted by Crippen LogP contribution is -2.41. The van der Waals surface area contributed by atoms with E-state index < -0.39 is 0 Å². The molecule has 0 amide bonds. The monoisotopic (exact) mass is 419 g/mol. The fourth-order valence-electron chi connectivity index (χ4n) is 3.89. The zero-order valence-corrected chi connectivity index (χ0v) is 16.1. The van der Waals surface area contributed by atoms with Gasteiger partial charge in [0.2, 0.25) is 0 Å². The van der Waals surface area contributed by atoms with E-state index in [-0.39, 0.29) is 24.0 Å². The van der Waals surface area contributed by atoms with Crippen LogP contribution in [0.3, 0.4) is 0 Å². The Balaban J connectivity index is 0.00000176. The predicted molar refractivity (Wildman–Crippen MR) is 102 cm³/mol. The largest absolute Gasteiger partial charge is 0.381 e. The normalized spacial score (nSPS) is 28.7. The third-order valence-electron chi connectivity index (χ3n) is 5.25. The summed E-state index contributed by atoms with van der Waals surface area (Å²) in [5, 5.41) is 3.56. The van der Waals surface area contributed by atoms with Crippen molar-refractivity contribution in [1.82, 2.24) is 10.2 Å². The molecule has 0 aromatic rings. The summed E-state index contributed by atoms with van der Waals surface area (Å²) in [6.45, 7) is 5.11. The van der Waals surface area contributed by atoms with Gasteiger partial charge in [-0.25, -0.2) is 0 Å². The molecule has 2 fully saturated rings. The molecule has 4 nitrogen and oxygen atoms in total. The standard InChI is InChI=1S/C17H29N3O.HI/c1-18-16(19-10-7-15-5-3-2-4-6-15)20-11-8-17(13-20)9-12-21-14-17;/h5H,2-4,6-14H2,1H3,(H,18,19);1H. The van der Waals surface area contributed by atoms with Crippen LogP contribution in [0.2, 0.25) is 0 Å². The highest BCUT2D eigenvalue weighted by Gasteiger charge is 2.42. The highest BCUT2D eigenvalue weighted by atomic mass is 127. The highest BCUT2D eigenvalue weighted by molar-refractivity contribution is 14.0. The number of hydrogen-bond donors (Lipinski definition) is 1. The Labute approximate surface area is 151 Å². The maximum absolute atomic E-state index is 5.61. The first-order chi connectivity index (χ1) is 10.3. The van der Waals surface area contributed by atoms with Crippen LogP contribution in [0.15, 0.2) is 16.6 Å². The van der Waals surface area contributed by atoms with Gasteiger partial charge in [-0.15, -0.1) is 24.0 Å². The van der Waals surface area contributed by atoms with Crippen LogP contribution in [0.1, 0.15) is 44.9 Å². The van der Waals surface area contributed by atoms with E-state index in [1.807, 2.05) is 7.05 Å². The maximum Gasteiger partial charge on any atom is 0.193 e. The van der Waals surface area contributed by atoms with Gasteiger partial charge in [-0.3, -0.25) is 4.99 Å². The third-order valence-corrected chi connectivity index (χ3v) is 5.25. The van der Waals surface area contributed by atoms with Crippen molar-refractivity contribution < 1.29 is 4.74 Å². The smallest absolute Gasteiger partial charge is 0.193 e. The molecule has 5 heteroatoms. The molecule has 1 N–H and O–H groups in total. The lowest BCUT2D eigenvalue weighted by molar-refractivity contribution is 0.156. The maximum atomic E-state index is 5.61. The van der Waals surface area contributed by atoms with E-state index in [0.29, 0.717) is 5.41 Å². The second kappa shape index (κ2) is 8.52. The van der Waals surface area contributed by atoms with Crippen molar-refractivity contribution in [3.05, 3.63) is 11.6 Å². The minimum atomic E-state index is 0. The number of nitrogens with zero attached hydrogens (tertiary/aromatic N) is 2. The van der Waals surface area contributed by atoms with E-state index in [9.17, 15) is 0 Å². The molecular weight excluding hydrogens is 389 g/mol. The number of rotatable bonds is 3. The molecule has 1 spiro atoms. The Morgan fingerprint density at radius 1 is 1.41 bits per heavy atom. The van der Waals surface area contributed by atoms with Crippen molar-refractivity contribution >= 4 is 29.9 Å². The van der Waals surface area contributed by atoms with Gasteiger partial charge in [0.1, 0.15) is 0 Å². The molecule has 0 radical (unpaired) electrons. The Morgan fingerprint density at radius 2 is 2.32 bits per heavy atom. The van der Waals surface area contributed by atoms with Crippen molar-refractivity contribution in [3.63, 3.8) is 0 Å². The van der Waals surface area contributed by atoms with Crippen LogP contribution in [0, 0.1) is 5.41 Å². The van der Waals surface area contributed by atoms with E-state index in [1.165, 1.54) is 44.9 Å². The topological polar surface area (TPSA) is 36.9 Å². The SMILES string of the molecule is CN=C(NCCC1=CCCCC1)N1CCC2(CCOC2)C1.I. The molecule has 0 aromatic heterocycles. The van der Waals surface area contributed by atoms with Crippen molar-refractivity contribution in [2.45, 2.75) is 44.9 Å². The van der Waals surface area contributed by atoms with Gasteiger partial charge in [0.05, 0.1) is 6.61 Å². The molecule has 3 rings (SSSR count). The Hall–Kier alpha value is -0.300. The summed E-state index contributed by atoms with van der Waals surface area (Å²) < 4.78 is 5.61. The van der Waals surface area contributed by atoms with Crippen LogP contribution in [0.5, 0.6) is 0 Å². The predicted octanol–water partition coefficient (Wildman–Crippen LogP) is 3.18. The van der Waals surface area contributed by atoms with Gasteiger partial charge in [0.15, 0.2) is 5.96 Å². The Bertz CT molecular complexity index is 416. The number of allylic oxidation sites excluding steroid dienone is 1. The molecule has 22 heavy (non-hydrogen) atoms. The molecule has 126 valence electrons. The van der Waals surface area contributed by atoms with Crippen LogP contribution in [0.25, 0.3) is 0 Å². The van der Waals surface area contributed by atoms with E-state index in [0.717, 1.165) is 38.8 Å². The molecule has 1 aliphatic carbocycles. The number of hydrogen-bond acceptors (Lipinski definition) is 2. The molecule has 1 unspecified atom stereocenters. The highest BCUT2D eigenvalue weighted by Crippen LogP contribution is 2.38. The fraction of sp³-hybridized carbons (Fsp3) is 0.824. The summed E-state index contributed by atoms with van der Waals surface area (Å²) in [4.78, 5) is 6.90. The van der Waals surface area contributed by atoms with E-state index in [2.05, 4.69) is 21.3 Å². The number of guanidine groups is 1. The van der Waals surface area contributed by atoms with E-state index in [4.69, 9.17) is 4.74 Å². The van der Waals surface area contributed by atoms with Crippen molar-refractivity contribution in [1.29, 1.82) is 0 Å². The molecule has 3 aliphatic rings. The van der Waals surface area contributed by atoms with E-state index >= 15 is 0 Å². The van der Waals surface area contributed by atoms with Crippen molar-refractivity contribution in [2.75, 3.05) is 39.9 Å². The Kier molecular flexibility index (Phi) is 6.99. The van der Waals surface area contributed by atoms with Crippen molar-refractivity contribution in [2.24, 2.45) is 10.4 Å². The summed E-state index contributed by atoms with van der Waals surface area (Å²) >= 11 is 0. The van der Waals surface area contributed by atoms with Gasteiger partial charge in [0.25, 0.3) is 0 Å². The number of ether oxygens (including phenoxy) is 1.